The Morgan fingerprint density at radius 1 is 0.579 bits per heavy atom. The van der Waals surface area contributed by atoms with Crippen molar-refractivity contribution in [2.24, 2.45) is 0 Å². The molecule has 0 aromatic carbocycles. The van der Waals surface area contributed by atoms with E-state index in [1.54, 1.807) is 0 Å². The molecule has 0 unspecified atom stereocenters. The van der Waals surface area contributed by atoms with E-state index in [0.29, 0.717) is 0 Å². The zero-order valence-corrected chi connectivity index (χ0v) is 13.3. The van der Waals surface area contributed by atoms with Crippen molar-refractivity contribution in [3.05, 3.63) is 0 Å². The molecule has 0 bridgehead atoms. The van der Waals surface area contributed by atoms with E-state index in [2.05, 4.69) is 13.8 Å². The Kier molecular flexibility index (Phi) is 24.8. The minimum Gasteiger partial charge on any atom is -0.483 e. The minimum absolute atomic E-state index is 0.250. The number of rotatable bonds is 13. The first kappa shape index (κ1) is 20.8. The fourth-order valence-corrected chi connectivity index (χ4v) is 2.27. The van der Waals surface area contributed by atoms with Crippen molar-refractivity contribution < 1.29 is 9.90 Å². The molecule has 2 heteroatoms. The van der Waals surface area contributed by atoms with Gasteiger partial charge in [0.25, 0.3) is 6.47 Å². The molecule has 0 rings (SSSR count). The van der Waals surface area contributed by atoms with Crippen molar-refractivity contribution >= 4 is 6.47 Å². The SMILES string of the molecule is CCCCCCCCCCCCCCCC.O=CO. The summed E-state index contributed by atoms with van der Waals surface area (Å²) in [6.07, 6.45) is 20.4. The van der Waals surface area contributed by atoms with E-state index in [9.17, 15) is 0 Å². The van der Waals surface area contributed by atoms with E-state index >= 15 is 0 Å². The van der Waals surface area contributed by atoms with Gasteiger partial charge < -0.3 is 5.11 Å². The molecule has 0 fully saturated rings. The van der Waals surface area contributed by atoms with Gasteiger partial charge in [-0.3, -0.25) is 4.79 Å². The third kappa shape index (κ3) is 26.9. The Hall–Kier alpha value is -0.530. The molecule has 0 amide bonds. The molecule has 0 atom stereocenters. The highest BCUT2D eigenvalue weighted by atomic mass is 16.3. The summed E-state index contributed by atoms with van der Waals surface area (Å²) in [5, 5.41) is 6.89. The summed E-state index contributed by atoms with van der Waals surface area (Å²) in [5.74, 6) is 0. The van der Waals surface area contributed by atoms with Gasteiger partial charge in [-0.15, -0.1) is 0 Å². The third-order valence-electron chi connectivity index (χ3n) is 3.46. The van der Waals surface area contributed by atoms with Gasteiger partial charge in [-0.2, -0.15) is 0 Å². The normalized spacial score (nSPS) is 9.79. The Bertz CT molecular complexity index is 132. The number of hydrogen-bond donors (Lipinski definition) is 1. The van der Waals surface area contributed by atoms with Crippen LogP contribution in [0.4, 0.5) is 0 Å². The largest absolute Gasteiger partial charge is 0.483 e. The molecular weight excluding hydrogens is 236 g/mol. The monoisotopic (exact) mass is 272 g/mol. The molecule has 0 radical (unpaired) electrons. The lowest BCUT2D eigenvalue weighted by atomic mass is 10.0. The van der Waals surface area contributed by atoms with Gasteiger partial charge in [0.15, 0.2) is 0 Å². The molecule has 1 N–H and O–H groups in total. The van der Waals surface area contributed by atoms with Crippen LogP contribution in [-0.4, -0.2) is 11.6 Å². The molecule has 0 aliphatic heterocycles. The molecule has 0 aromatic heterocycles. The summed E-state index contributed by atoms with van der Waals surface area (Å²) in [6.45, 7) is 4.33. The summed E-state index contributed by atoms with van der Waals surface area (Å²) in [6, 6.07) is 0. The van der Waals surface area contributed by atoms with Crippen LogP contribution in [0.1, 0.15) is 104 Å². The lowest BCUT2D eigenvalue weighted by molar-refractivity contribution is -0.122. The first-order chi connectivity index (χ1) is 9.33. The zero-order chi connectivity index (χ0) is 14.6. The van der Waals surface area contributed by atoms with Gasteiger partial charge in [-0.1, -0.05) is 104 Å². The highest BCUT2D eigenvalue weighted by molar-refractivity contribution is 5.32. The first-order valence-corrected chi connectivity index (χ1v) is 8.41. The standard InChI is InChI=1S/C16H34.CH2O2/c1-3-5-7-9-11-13-15-16-14-12-10-8-6-4-2;2-1-3/h3-16H2,1-2H3;1H,(H,2,3). The van der Waals surface area contributed by atoms with Gasteiger partial charge in [-0.05, 0) is 0 Å². The summed E-state index contributed by atoms with van der Waals surface area (Å²) >= 11 is 0. The van der Waals surface area contributed by atoms with Crippen LogP contribution >= 0.6 is 0 Å². The zero-order valence-electron chi connectivity index (χ0n) is 13.3. The Morgan fingerprint density at radius 2 is 0.737 bits per heavy atom. The molecule has 116 valence electrons. The second-order valence-electron chi connectivity index (χ2n) is 5.35. The molecule has 0 aromatic rings. The molecule has 0 spiro atoms. The van der Waals surface area contributed by atoms with Gasteiger partial charge in [0.05, 0.1) is 0 Å². The fraction of sp³-hybridized carbons (Fsp3) is 0.941. The van der Waals surface area contributed by atoms with Crippen molar-refractivity contribution in [2.75, 3.05) is 0 Å². The van der Waals surface area contributed by atoms with Crippen LogP contribution in [0.3, 0.4) is 0 Å². The van der Waals surface area contributed by atoms with Crippen LogP contribution in [0.15, 0.2) is 0 Å². The molecule has 19 heavy (non-hydrogen) atoms. The second-order valence-corrected chi connectivity index (χ2v) is 5.35. The number of carbonyl (C=O) groups is 1. The van der Waals surface area contributed by atoms with Crippen LogP contribution in [-0.2, 0) is 4.79 Å². The van der Waals surface area contributed by atoms with Crippen LogP contribution in [0, 0.1) is 0 Å². The maximum absolute atomic E-state index is 8.36. The van der Waals surface area contributed by atoms with Gasteiger partial charge in [0.2, 0.25) is 0 Å². The van der Waals surface area contributed by atoms with Crippen molar-refractivity contribution in [2.45, 2.75) is 104 Å². The van der Waals surface area contributed by atoms with Crippen LogP contribution in [0.25, 0.3) is 0 Å². The highest BCUT2D eigenvalue weighted by Crippen LogP contribution is 2.12. The van der Waals surface area contributed by atoms with Crippen molar-refractivity contribution in [3.63, 3.8) is 0 Å². The molecule has 0 heterocycles. The molecular formula is C17H36O2. The fourth-order valence-electron chi connectivity index (χ4n) is 2.27. The van der Waals surface area contributed by atoms with Crippen molar-refractivity contribution in [1.29, 1.82) is 0 Å². The summed E-state index contributed by atoms with van der Waals surface area (Å²) in [7, 11) is 0. The molecule has 2 nitrogen and oxygen atoms in total. The summed E-state index contributed by atoms with van der Waals surface area (Å²) < 4.78 is 0. The first-order valence-electron chi connectivity index (χ1n) is 8.41. The predicted molar refractivity (Wildman–Crippen MR) is 84.7 cm³/mol. The number of carboxylic acid groups (broad SMARTS) is 1. The van der Waals surface area contributed by atoms with Gasteiger partial charge >= 0.3 is 0 Å². The second kappa shape index (κ2) is 22.6. The maximum Gasteiger partial charge on any atom is 0.290 e. The van der Waals surface area contributed by atoms with E-state index < -0.39 is 0 Å². The number of unbranched alkanes of at least 4 members (excludes halogenated alkanes) is 13. The summed E-state index contributed by atoms with van der Waals surface area (Å²) in [5.41, 5.74) is 0. The van der Waals surface area contributed by atoms with Gasteiger partial charge in [0, 0.05) is 0 Å². The lowest BCUT2D eigenvalue weighted by Crippen LogP contribution is -1.82. The smallest absolute Gasteiger partial charge is 0.290 e. The van der Waals surface area contributed by atoms with Gasteiger partial charge in [-0.25, -0.2) is 0 Å². The van der Waals surface area contributed by atoms with E-state index in [-0.39, 0.29) is 6.47 Å². The molecule has 0 aliphatic rings. The topological polar surface area (TPSA) is 37.3 Å². The van der Waals surface area contributed by atoms with Crippen LogP contribution in [0.2, 0.25) is 0 Å². The molecule has 0 saturated carbocycles. The molecule has 0 aliphatic carbocycles. The van der Waals surface area contributed by atoms with E-state index in [4.69, 9.17) is 9.90 Å². The lowest BCUT2D eigenvalue weighted by Gasteiger charge is -2.02. The Balaban J connectivity index is 0. The van der Waals surface area contributed by atoms with E-state index in [0.717, 1.165) is 0 Å². The van der Waals surface area contributed by atoms with Crippen LogP contribution in [0.5, 0.6) is 0 Å². The maximum atomic E-state index is 8.36. The van der Waals surface area contributed by atoms with Crippen molar-refractivity contribution in [1.82, 2.24) is 0 Å². The minimum atomic E-state index is -0.250. The highest BCUT2D eigenvalue weighted by Gasteiger charge is 1.92. The van der Waals surface area contributed by atoms with E-state index in [1.165, 1.54) is 89.9 Å². The van der Waals surface area contributed by atoms with Gasteiger partial charge in [0.1, 0.15) is 0 Å². The molecule has 0 saturated heterocycles. The quantitative estimate of drug-likeness (QED) is 0.320. The van der Waals surface area contributed by atoms with Crippen molar-refractivity contribution in [3.8, 4) is 0 Å². The Labute approximate surface area is 121 Å². The average molecular weight is 272 g/mol. The number of hydrogen-bond acceptors (Lipinski definition) is 1. The summed E-state index contributed by atoms with van der Waals surface area (Å²) in [4.78, 5) is 8.36. The third-order valence-corrected chi connectivity index (χ3v) is 3.46. The Morgan fingerprint density at radius 3 is 0.895 bits per heavy atom. The predicted octanol–water partition coefficient (Wildman–Crippen LogP) is 6.19. The average Bonchev–Trinajstić information content (AvgIpc) is 2.41. The van der Waals surface area contributed by atoms with E-state index in [1.807, 2.05) is 0 Å². The van der Waals surface area contributed by atoms with Crippen LogP contribution < -0.4 is 0 Å².